The Morgan fingerprint density at radius 3 is 2.53 bits per heavy atom. The van der Waals surface area contributed by atoms with Gasteiger partial charge in [-0.05, 0) is 42.1 Å². The zero-order valence-electron chi connectivity index (χ0n) is 10.9. The van der Waals surface area contributed by atoms with Crippen LogP contribution in [0.2, 0.25) is 0 Å². The average molecular weight is 229 g/mol. The molecule has 0 aliphatic heterocycles. The molecule has 0 spiro atoms. The molecule has 2 aliphatic carbocycles. The molecule has 92 valence electrons. The van der Waals surface area contributed by atoms with Crippen molar-refractivity contribution in [3.8, 4) is 0 Å². The van der Waals surface area contributed by atoms with Crippen LogP contribution in [0.5, 0.6) is 0 Å². The first kappa shape index (κ1) is 11.3. The van der Waals surface area contributed by atoms with Crippen LogP contribution in [0, 0.1) is 11.3 Å². The van der Waals surface area contributed by atoms with Crippen molar-refractivity contribution >= 4 is 0 Å². The minimum absolute atomic E-state index is 0.448. The zero-order chi connectivity index (χ0) is 11.9. The van der Waals surface area contributed by atoms with E-state index in [2.05, 4.69) is 49.5 Å². The number of benzene rings is 1. The van der Waals surface area contributed by atoms with Gasteiger partial charge in [-0.3, -0.25) is 0 Å². The molecule has 1 nitrogen and oxygen atoms in total. The molecule has 1 aromatic rings. The number of rotatable bonds is 5. The molecule has 0 heterocycles. The van der Waals surface area contributed by atoms with Crippen LogP contribution in [-0.4, -0.2) is 12.6 Å². The summed E-state index contributed by atoms with van der Waals surface area (Å²) in [6.07, 6.45) is 4.16. The Morgan fingerprint density at radius 1 is 1.18 bits per heavy atom. The normalized spacial score (nSPS) is 28.1. The summed E-state index contributed by atoms with van der Waals surface area (Å²) >= 11 is 0. The Hall–Kier alpha value is -0.820. The molecule has 0 aromatic heterocycles. The first-order valence-electron chi connectivity index (χ1n) is 6.95. The molecule has 2 aliphatic rings. The van der Waals surface area contributed by atoms with Crippen molar-refractivity contribution in [1.29, 1.82) is 0 Å². The molecule has 1 N–H and O–H groups in total. The Labute approximate surface area is 105 Å². The summed E-state index contributed by atoms with van der Waals surface area (Å²) in [5, 5.41) is 3.69. The van der Waals surface area contributed by atoms with Crippen molar-refractivity contribution in [2.24, 2.45) is 11.3 Å². The summed E-state index contributed by atoms with van der Waals surface area (Å²) in [4.78, 5) is 0. The zero-order valence-corrected chi connectivity index (χ0v) is 10.9. The predicted octanol–water partition coefficient (Wildman–Crippen LogP) is 3.57. The largest absolute Gasteiger partial charge is 0.313 e. The minimum Gasteiger partial charge on any atom is -0.313 e. The maximum Gasteiger partial charge on any atom is 0.00684 e. The molecule has 1 heteroatoms. The minimum atomic E-state index is 0.448. The second kappa shape index (κ2) is 4.13. The second-order valence-corrected chi connectivity index (χ2v) is 6.50. The van der Waals surface area contributed by atoms with E-state index < -0.39 is 0 Å². The first-order valence-corrected chi connectivity index (χ1v) is 6.95. The van der Waals surface area contributed by atoms with E-state index in [-0.39, 0.29) is 0 Å². The molecule has 0 amide bonds. The van der Waals surface area contributed by atoms with Crippen molar-refractivity contribution < 1.29 is 0 Å². The molecular weight excluding hydrogens is 206 g/mol. The lowest BCUT2D eigenvalue weighted by Gasteiger charge is -2.26. The van der Waals surface area contributed by atoms with Gasteiger partial charge in [0.15, 0.2) is 0 Å². The lowest BCUT2D eigenvalue weighted by Crippen LogP contribution is -2.32. The van der Waals surface area contributed by atoms with Crippen molar-refractivity contribution in [3.63, 3.8) is 0 Å². The van der Waals surface area contributed by atoms with Crippen molar-refractivity contribution in [3.05, 3.63) is 35.9 Å². The molecule has 2 atom stereocenters. The van der Waals surface area contributed by atoms with Gasteiger partial charge in [0.1, 0.15) is 0 Å². The highest BCUT2D eigenvalue weighted by Crippen LogP contribution is 2.56. The fourth-order valence-electron chi connectivity index (χ4n) is 2.95. The van der Waals surface area contributed by atoms with Gasteiger partial charge in [-0.1, -0.05) is 44.2 Å². The summed E-state index contributed by atoms with van der Waals surface area (Å²) in [6.45, 7) is 6.04. The summed E-state index contributed by atoms with van der Waals surface area (Å²) in [7, 11) is 0. The SMILES string of the molecule is CC(C)(CNC1CC1)C1CC1c1ccccc1. The van der Waals surface area contributed by atoms with Crippen LogP contribution in [0.4, 0.5) is 0 Å². The van der Waals surface area contributed by atoms with Crippen LogP contribution in [0.3, 0.4) is 0 Å². The molecule has 17 heavy (non-hydrogen) atoms. The van der Waals surface area contributed by atoms with Gasteiger partial charge in [0.2, 0.25) is 0 Å². The molecule has 2 saturated carbocycles. The summed E-state index contributed by atoms with van der Waals surface area (Å²) < 4.78 is 0. The van der Waals surface area contributed by atoms with Gasteiger partial charge in [0.25, 0.3) is 0 Å². The number of hydrogen-bond donors (Lipinski definition) is 1. The topological polar surface area (TPSA) is 12.0 Å². The quantitative estimate of drug-likeness (QED) is 0.814. The maximum atomic E-state index is 3.69. The van der Waals surface area contributed by atoms with E-state index in [1.54, 1.807) is 0 Å². The highest BCUT2D eigenvalue weighted by atomic mass is 15.0. The van der Waals surface area contributed by atoms with E-state index in [0.29, 0.717) is 5.41 Å². The Balaban J connectivity index is 1.58. The van der Waals surface area contributed by atoms with Crippen LogP contribution >= 0.6 is 0 Å². The fraction of sp³-hybridized carbons (Fsp3) is 0.625. The Kier molecular flexibility index (Phi) is 2.74. The predicted molar refractivity (Wildman–Crippen MR) is 72.1 cm³/mol. The summed E-state index contributed by atoms with van der Waals surface area (Å²) in [5.41, 5.74) is 1.99. The van der Waals surface area contributed by atoms with Gasteiger partial charge < -0.3 is 5.32 Å². The highest BCUT2D eigenvalue weighted by Gasteiger charge is 2.48. The van der Waals surface area contributed by atoms with E-state index >= 15 is 0 Å². The summed E-state index contributed by atoms with van der Waals surface area (Å²) in [5.74, 6) is 1.68. The van der Waals surface area contributed by atoms with E-state index in [4.69, 9.17) is 0 Å². The van der Waals surface area contributed by atoms with Gasteiger partial charge in [0.05, 0.1) is 0 Å². The first-order chi connectivity index (χ1) is 8.17. The highest BCUT2D eigenvalue weighted by molar-refractivity contribution is 5.27. The number of nitrogens with one attached hydrogen (secondary N) is 1. The van der Waals surface area contributed by atoms with Crippen molar-refractivity contribution in [2.45, 2.75) is 45.1 Å². The van der Waals surface area contributed by atoms with Crippen LogP contribution in [-0.2, 0) is 0 Å². The monoisotopic (exact) mass is 229 g/mol. The van der Waals surface area contributed by atoms with Crippen LogP contribution in [0.25, 0.3) is 0 Å². The van der Waals surface area contributed by atoms with Crippen molar-refractivity contribution in [1.82, 2.24) is 5.32 Å². The van der Waals surface area contributed by atoms with Gasteiger partial charge in [0, 0.05) is 12.6 Å². The van der Waals surface area contributed by atoms with Gasteiger partial charge in [-0.2, -0.15) is 0 Å². The number of hydrogen-bond acceptors (Lipinski definition) is 1. The molecule has 2 unspecified atom stereocenters. The standard InChI is InChI=1S/C16H23N/c1-16(2,11-17-13-8-9-13)15-10-14(15)12-6-4-3-5-7-12/h3-7,13-15,17H,8-11H2,1-2H3. The van der Waals surface area contributed by atoms with E-state index in [1.165, 1.54) is 31.4 Å². The van der Waals surface area contributed by atoms with Gasteiger partial charge in [-0.15, -0.1) is 0 Å². The van der Waals surface area contributed by atoms with E-state index in [0.717, 1.165) is 17.9 Å². The molecular formula is C16H23N. The van der Waals surface area contributed by atoms with Crippen molar-refractivity contribution in [2.75, 3.05) is 6.54 Å². The summed E-state index contributed by atoms with van der Waals surface area (Å²) in [6, 6.07) is 11.9. The van der Waals surface area contributed by atoms with Crippen LogP contribution in [0.15, 0.2) is 30.3 Å². The lowest BCUT2D eigenvalue weighted by atomic mass is 9.85. The third-order valence-corrected chi connectivity index (χ3v) is 4.45. The molecule has 2 fully saturated rings. The van der Waals surface area contributed by atoms with Gasteiger partial charge >= 0.3 is 0 Å². The van der Waals surface area contributed by atoms with Crippen LogP contribution < -0.4 is 5.32 Å². The average Bonchev–Trinajstić information content (AvgIpc) is 3.19. The fourth-order valence-corrected chi connectivity index (χ4v) is 2.95. The molecule has 0 saturated heterocycles. The Bertz CT molecular complexity index is 378. The lowest BCUT2D eigenvalue weighted by molar-refractivity contribution is 0.285. The van der Waals surface area contributed by atoms with E-state index in [9.17, 15) is 0 Å². The smallest absolute Gasteiger partial charge is 0.00684 e. The molecule has 0 radical (unpaired) electrons. The second-order valence-electron chi connectivity index (χ2n) is 6.50. The Morgan fingerprint density at radius 2 is 1.88 bits per heavy atom. The maximum absolute atomic E-state index is 3.69. The van der Waals surface area contributed by atoms with Gasteiger partial charge in [-0.25, -0.2) is 0 Å². The molecule has 0 bridgehead atoms. The third-order valence-electron chi connectivity index (χ3n) is 4.45. The third kappa shape index (κ3) is 2.55. The van der Waals surface area contributed by atoms with Crippen LogP contribution in [0.1, 0.15) is 44.6 Å². The van der Waals surface area contributed by atoms with E-state index in [1.807, 2.05) is 0 Å². The molecule has 3 rings (SSSR count). The molecule has 1 aromatic carbocycles.